The Labute approximate surface area is 81.0 Å². The summed E-state index contributed by atoms with van der Waals surface area (Å²) in [4.78, 5) is 4.20. The Bertz CT molecular complexity index is 375. The van der Waals surface area contributed by atoms with Crippen LogP contribution < -0.4 is 5.53 Å². The normalized spacial score (nSPS) is 20.2. The van der Waals surface area contributed by atoms with Crippen LogP contribution in [0.5, 0.6) is 0 Å². The van der Waals surface area contributed by atoms with E-state index in [9.17, 15) is 0 Å². The van der Waals surface area contributed by atoms with Gasteiger partial charge in [0.1, 0.15) is 5.03 Å². The highest BCUT2D eigenvalue weighted by Crippen LogP contribution is 2.23. The van der Waals surface area contributed by atoms with Crippen LogP contribution in [0.15, 0.2) is 28.1 Å². The Morgan fingerprint density at radius 2 is 2.46 bits per heavy atom. The second-order valence-electron chi connectivity index (χ2n) is 2.63. The maximum absolute atomic E-state index is 8.61. The number of fused-ring (bicyclic) bond motifs is 1. The summed E-state index contributed by atoms with van der Waals surface area (Å²) in [5.41, 5.74) is 3.59. The fourth-order valence-electron chi connectivity index (χ4n) is 1.11. The molecule has 0 saturated carbocycles. The highest BCUT2D eigenvalue weighted by molar-refractivity contribution is 7.84. The molecule has 2 heterocycles. The van der Waals surface area contributed by atoms with E-state index in [2.05, 4.69) is 10.5 Å². The molecule has 0 spiro atoms. The van der Waals surface area contributed by atoms with E-state index in [0.29, 0.717) is 10.9 Å². The number of rotatable bonds is 0. The molecule has 0 unspecified atom stereocenters. The van der Waals surface area contributed by atoms with Crippen LogP contribution in [0.2, 0.25) is 0 Å². The molecule has 0 fully saturated rings. The van der Waals surface area contributed by atoms with Crippen LogP contribution in [0.3, 0.4) is 0 Å². The first-order valence-corrected chi connectivity index (χ1v) is 4.03. The third-order valence-corrected chi connectivity index (χ3v) is 1.93. The van der Waals surface area contributed by atoms with Crippen molar-refractivity contribution >= 4 is 18.3 Å². The number of hydrogen-bond donors (Lipinski definition) is 1. The summed E-state index contributed by atoms with van der Waals surface area (Å²) in [6.45, 7) is 1.86. The summed E-state index contributed by atoms with van der Waals surface area (Å²) in [6.07, 6.45) is 5.27. The van der Waals surface area contributed by atoms with E-state index >= 15 is 0 Å². The molecule has 0 aliphatic carbocycles. The highest BCUT2D eigenvalue weighted by Gasteiger charge is 2.25. The van der Waals surface area contributed by atoms with Crippen LogP contribution in [0.25, 0.3) is 0 Å². The largest absolute Gasteiger partial charge is 0.233 e. The number of nitrogens with zero attached hydrogens (tertiary/aromatic N) is 4. The van der Waals surface area contributed by atoms with Crippen LogP contribution in [0.4, 0.5) is 0 Å². The van der Waals surface area contributed by atoms with Crippen molar-refractivity contribution in [1.29, 1.82) is 5.26 Å². The monoisotopic (exact) mass is 192 g/mol. The smallest absolute Gasteiger partial charge is 0.201 e. The van der Waals surface area contributed by atoms with Gasteiger partial charge in [-0.05, 0) is 13.0 Å². The van der Waals surface area contributed by atoms with Gasteiger partial charge in [0, 0.05) is 5.71 Å². The Kier molecular flexibility index (Phi) is 1.69. The average Bonchev–Trinajstić information content (AvgIpc) is 2.47. The van der Waals surface area contributed by atoms with Crippen molar-refractivity contribution in [3.8, 4) is 6.19 Å². The lowest BCUT2D eigenvalue weighted by atomic mass is 10.3. The predicted molar refractivity (Wildman–Crippen MR) is 49.3 cm³/mol. The number of hydrazine groups is 2. The second kappa shape index (κ2) is 2.73. The zero-order valence-corrected chi connectivity index (χ0v) is 7.67. The summed E-state index contributed by atoms with van der Waals surface area (Å²) in [7, 11) is 0. The highest BCUT2D eigenvalue weighted by atomic mass is 32.1. The molecule has 1 N–H and O–H groups in total. The molecule has 0 aromatic rings. The predicted octanol–water partition coefficient (Wildman–Crippen LogP) is 0.817. The second-order valence-corrected chi connectivity index (χ2v) is 3.05. The van der Waals surface area contributed by atoms with Gasteiger partial charge in [0.15, 0.2) is 5.82 Å². The summed E-state index contributed by atoms with van der Waals surface area (Å²) in [6, 6.07) is 0. The minimum atomic E-state index is 0.608. The van der Waals surface area contributed by atoms with Gasteiger partial charge in [0.2, 0.25) is 6.19 Å². The van der Waals surface area contributed by atoms with Crippen LogP contribution in [-0.4, -0.2) is 15.7 Å². The molecular weight excluding hydrogens is 186 g/mol. The first-order valence-electron chi connectivity index (χ1n) is 3.62. The molecule has 0 amide bonds. The minimum Gasteiger partial charge on any atom is -0.233 e. The Morgan fingerprint density at radius 1 is 1.69 bits per heavy atom. The third-order valence-electron chi connectivity index (χ3n) is 1.63. The zero-order valence-electron chi connectivity index (χ0n) is 6.85. The van der Waals surface area contributed by atoms with Gasteiger partial charge in [0.25, 0.3) is 0 Å². The molecule has 0 saturated heterocycles. The van der Waals surface area contributed by atoms with Gasteiger partial charge >= 0.3 is 0 Å². The van der Waals surface area contributed by atoms with E-state index in [4.69, 9.17) is 17.9 Å². The summed E-state index contributed by atoms with van der Waals surface area (Å²) >= 11 is 5.07. The van der Waals surface area contributed by atoms with Gasteiger partial charge in [-0.25, -0.2) is 10.0 Å². The SMILES string of the molecule is CC1=NC2=CN(C#N)NN2C([S])=C1. The molecule has 5 nitrogen and oxygen atoms in total. The van der Waals surface area contributed by atoms with Crippen molar-refractivity contribution in [3.63, 3.8) is 0 Å². The van der Waals surface area contributed by atoms with Crippen molar-refractivity contribution < 1.29 is 0 Å². The van der Waals surface area contributed by atoms with Crippen LogP contribution in [0.1, 0.15) is 6.92 Å². The molecule has 2 aliphatic rings. The first kappa shape index (κ1) is 8.04. The van der Waals surface area contributed by atoms with Gasteiger partial charge < -0.3 is 0 Å². The molecule has 2 rings (SSSR count). The Morgan fingerprint density at radius 3 is 3.15 bits per heavy atom. The average molecular weight is 192 g/mol. The maximum Gasteiger partial charge on any atom is 0.201 e. The Hall–Kier alpha value is -1.58. The van der Waals surface area contributed by atoms with Crippen molar-refractivity contribution in [2.24, 2.45) is 4.99 Å². The number of nitrogens with one attached hydrogen (secondary N) is 1. The topological polar surface area (TPSA) is 54.7 Å². The molecule has 65 valence electrons. The van der Waals surface area contributed by atoms with Crippen molar-refractivity contribution in [1.82, 2.24) is 15.6 Å². The van der Waals surface area contributed by atoms with Crippen LogP contribution in [0, 0.1) is 11.5 Å². The fraction of sp³-hybridized carbons (Fsp3) is 0.143. The molecule has 0 aromatic heterocycles. The summed E-state index contributed by atoms with van der Waals surface area (Å²) < 4.78 is 0. The van der Waals surface area contributed by atoms with Crippen LogP contribution in [-0.2, 0) is 0 Å². The standard InChI is InChI=1S/C7H6N5S/c1-5-2-7(13)12-6(9-5)3-11(4-8)10-12/h2-3,10H,1H3. The minimum absolute atomic E-state index is 0.608. The molecule has 0 aromatic carbocycles. The van der Waals surface area contributed by atoms with Crippen LogP contribution >= 0.6 is 12.6 Å². The van der Waals surface area contributed by atoms with Gasteiger partial charge in [-0.15, -0.1) is 5.53 Å². The molecular formula is C7H6N5S. The van der Waals surface area contributed by atoms with Crippen molar-refractivity contribution in [2.75, 3.05) is 0 Å². The van der Waals surface area contributed by atoms with E-state index in [-0.39, 0.29) is 0 Å². The Balaban J connectivity index is 2.36. The molecule has 0 atom stereocenters. The molecule has 2 aliphatic heterocycles. The fourth-order valence-corrected chi connectivity index (χ4v) is 1.41. The molecule has 6 heteroatoms. The van der Waals surface area contributed by atoms with E-state index in [1.54, 1.807) is 17.3 Å². The van der Waals surface area contributed by atoms with Crippen molar-refractivity contribution in [3.05, 3.63) is 23.1 Å². The van der Waals surface area contributed by atoms with Crippen molar-refractivity contribution in [2.45, 2.75) is 6.92 Å². The van der Waals surface area contributed by atoms with E-state index in [0.717, 1.165) is 5.71 Å². The lowest BCUT2D eigenvalue weighted by molar-refractivity contribution is 0.227. The lowest BCUT2D eigenvalue weighted by Gasteiger charge is -2.21. The van der Waals surface area contributed by atoms with E-state index in [1.807, 2.05) is 13.1 Å². The maximum atomic E-state index is 8.61. The number of aliphatic imine (C=N–C) groups is 1. The molecule has 13 heavy (non-hydrogen) atoms. The van der Waals surface area contributed by atoms with E-state index < -0.39 is 0 Å². The molecule has 0 bridgehead atoms. The van der Waals surface area contributed by atoms with E-state index in [1.165, 1.54) is 5.01 Å². The summed E-state index contributed by atoms with van der Waals surface area (Å²) in [5, 5.41) is 12.0. The first-order chi connectivity index (χ1) is 6.20. The third kappa shape index (κ3) is 1.24. The zero-order chi connectivity index (χ0) is 9.42. The van der Waals surface area contributed by atoms with Gasteiger partial charge in [-0.3, -0.25) is 0 Å². The lowest BCUT2D eigenvalue weighted by Crippen LogP contribution is -2.37. The number of nitriles is 1. The summed E-state index contributed by atoms with van der Waals surface area (Å²) in [5.74, 6) is 0.645. The van der Waals surface area contributed by atoms with Gasteiger partial charge in [-0.2, -0.15) is 10.3 Å². The number of hydrogen-bond acceptors (Lipinski definition) is 5. The van der Waals surface area contributed by atoms with Gasteiger partial charge in [0.05, 0.1) is 6.20 Å². The molecule has 1 radical (unpaired) electrons. The van der Waals surface area contributed by atoms with Gasteiger partial charge in [-0.1, -0.05) is 12.6 Å². The number of allylic oxidation sites excluding steroid dienone is 1. The quantitative estimate of drug-likeness (QED) is 0.577.